The number of benzene rings is 2. The molecule has 0 spiro atoms. The number of rotatable bonds is 2. The summed E-state index contributed by atoms with van der Waals surface area (Å²) in [7, 11) is 0. The van der Waals surface area contributed by atoms with Crippen molar-refractivity contribution < 1.29 is 46.8 Å². The molecule has 7 nitrogen and oxygen atoms in total. The van der Waals surface area contributed by atoms with Gasteiger partial charge in [0.1, 0.15) is 17.2 Å². The first kappa shape index (κ1) is 19.3. The molecule has 3 rings (SSSR count). The van der Waals surface area contributed by atoms with Gasteiger partial charge in [-0.05, 0) is 31.2 Å². The maximum Gasteiger partial charge on any atom is 0.141 e. The van der Waals surface area contributed by atoms with Crippen LogP contribution < -0.4 is 0 Å². The van der Waals surface area contributed by atoms with E-state index in [0.29, 0.717) is 11.3 Å². The van der Waals surface area contributed by atoms with E-state index in [1.54, 1.807) is 49.4 Å². The van der Waals surface area contributed by atoms with Gasteiger partial charge in [0.15, 0.2) is 0 Å². The number of aliphatic hydroxyl groups is 1. The number of hydrogen-bond donors (Lipinski definition) is 3. The molecular weight excluding hydrogens is 386 g/mol. The van der Waals surface area contributed by atoms with Crippen molar-refractivity contribution >= 4 is 11.9 Å². The number of para-hydroxylation sites is 3. The fourth-order valence-electron chi connectivity index (χ4n) is 1.34. The van der Waals surface area contributed by atoms with Crippen molar-refractivity contribution in [3.63, 3.8) is 0 Å². The maximum absolute atomic E-state index is 9.50. The molecular formula is C15H17MoNO6. The van der Waals surface area contributed by atoms with E-state index in [1.807, 2.05) is 6.07 Å². The van der Waals surface area contributed by atoms with Gasteiger partial charge in [0.2, 0.25) is 0 Å². The van der Waals surface area contributed by atoms with Crippen LogP contribution in [-0.2, 0) is 31.4 Å². The van der Waals surface area contributed by atoms with Gasteiger partial charge in [-0.1, -0.05) is 24.3 Å². The molecule has 3 N–H and O–H groups in total. The molecule has 0 saturated carbocycles. The third kappa shape index (κ3) is 7.87. The summed E-state index contributed by atoms with van der Waals surface area (Å²) in [6, 6.07) is 13.7. The SMILES string of the molecule is CCO.O1[O][Mo][O]1.Oc1ccccc1C=Nc1ccccc1O. The first-order valence-corrected chi connectivity index (χ1v) is 8.20. The Labute approximate surface area is 143 Å². The largest absolute Gasteiger partial charge is 0.507 e. The molecule has 124 valence electrons. The van der Waals surface area contributed by atoms with Crippen LogP contribution in [0, 0.1) is 0 Å². The molecule has 0 radical (unpaired) electrons. The third-order valence-corrected chi connectivity index (χ3v) is 2.82. The normalized spacial score (nSPS) is 12.4. The standard InChI is InChI=1S/C13H11NO2.C2H6O.Mo.H2O3/c15-12-7-3-1-5-10(12)9-14-11-6-2-4-8-13(11)16;1-2-3;;1-3-2/h1-9,15-16H;3H,2H2,1H3;;1-2H/q;;+2;/p-2. The summed E-state index contributed by atoms with van der Waals surface area (Å²) in [4.78, 5) is 4.10. The van der Waals surface area contributed by atoms with Gasteiger partial charge in [-0.15, -0.1) is 0 Å². The monoisotopic (exact) mass is 405 g/mol. The molecule has 1 heterocycles. The third-order valence-electron chi connectivity index (χ3n) is 2.27. The summed E-state index contributed by atoms with van der Waals surface area (Å²) in [5.41, 5.74) is 1.09. The fraction of sp³-hybridized carbons (Fsp3) is 0.133. The van der Waals surface area contributed by atoms with Gasteiger partial charge < -0.3 is 15.3 Å². The Morgan fingerprint density at radius 3 is 1.96 bits per heavy atom. The van der Waals surface area contributed by atoms with Gasteiger partial charge in [-0.3, -0.25) is 4.99 Å². The van der Waals surface area contributed by atoms with Crippen molar-refractivity contribution in [3.8, 4) is 11.5 Å². The number of phenols is 2. The summed E-state index contributed by atoms with van der Waals surface area (Å²) in [5, 5.41) is 30.3. The average molecular weight is 403 g/mol. The van der Waals surface area contributed by atoms with Crippen LogP contribution in [0.1, 0.15) is 12.5 Å². The van der Waals surface area contributed by atoms with Crippen molar-refractivity contribution in [1.82, 2.24) is 0 Å². The minimum Gasteiger partial charge on any atom is -0.507 e. The van der Waals surface area contributed by atoms with E-state index in [2.05, 4.69) is 17.1 Å². The summed E-state index contributed by atoms with van der Waals surface area (Å²) in [6.45, 7) is 1.93. The van der Waals surface area contributed by atoms with Crippen molar-refractivity contribution in [1.29, 1.82) is 0 Å². The maximum atomic E-state index is 9.50. The summed E-state index contributed by atoms with van der Waals surface area (Å²) in [5.74, 6) is 0.288. The molecule has 23 heavy (non-hydrogen) atoms. The summed E-state index contributed by atoms with van der Waals surface area (Å²) >= 11 is -0.560. The zero-order valence-electron chi connectivity index (χ0n) is 12.3. The predicted molar refractivity (Wildman–Crippen MR) is 79.5 cm³/mol. The Balaban J connectivity index is 0.000000315. The van der Waals surface area contributed by atoms with Crippen LogP contribution in [0.5, 0.6) is 11.5 Å². The van der Waals surface area contributed by atoms with E-state index < -0.39 is 19.3 Å². The smallest absolute Gasteiger partial charge is 0.141 e. The molecule has 0 unspecified atom stereocenters. The molecule has 2 aromatic carbocycles. The molecule has 8 heteroatoms. The van der Waals surface area contributed by atoms with Crippen LogP contribution in [0.25, 0.3) is 0 Å². The molecule has 0 atom stereocenters. The molecule has 1 aliphatic heterocycles. The number of aliphatic hydroxyl groups excluding tert-OH is 1. The topological polar surface area (TPSA) is 101 Å². The van der Waals surface area contributed by atoms with Gasteiger partial charge in [0, 0.05) is 18.4 Å². The number of phenolic OH excluding ortho intramolecular Hbond substituents is 2. The summed E-state index contributed by atoms with van der Waals surface area (Å²) in [6.07, 6.45) is 1.52. The van der Waals surface area contributed by atoms with E-state index in [9.17, 15) is 10.2 Å². The van der Waals surface area contributed by atoms with E-state index >= 15 is 0 Å². The first-order valence-electron chi connectivity index (χ1n) is 6.56. The van der Waals surface area contributed by atoms with Crippen LogP contribution in [0.3, 0.4) is 0 Å². The molecule has 0 aliphatic carbocycles. The van der Waals surface area contributed by atoms with E-state index in [-0.39, 0.29) is 18.1 Å². The molecule has 2 aromatic rings. The number of aliphatic imine (C=N–C) groups is 1. The number of nitrogens with zero attached hydrogens (tertiary/aromatic N) is 1. The Bertz CT molecular complexity index is 553. The van der Waals surface area contributed by atoms with Gasteiger partial charge in [0.05, 0.1) is 0 Å². The molecule has 1 fully saturated rings. The van der Waals surface area contributed by atoms with Crippen LogP contribution >= 0.6 is 0 Å². The van der Waals surface area contributed by atoms with Gasteiger partial charge >= 0.3 is 31.4 Å². The van der Waals surface area contributed by atoms with Crippen LogP contribution in [0.2, 0.25) is 0 Å². The van der Waals surface area contributed by atoms with Crippen LogP contribution in [0.4, 0.5) is 5.69 Å². The quantitative estimate of drug-likeness (QED) is 0.405. The van der Waals surface area contributed by atoms with E-state index in [4.69, 9.17) is 5.11 Å². The predicted octanol–water partition coefficient (Wildman–Crippen LogP) is 2.64. The molecule has 0 aromatic heterocycles. The molecule has 1 saturated heterocycles. The van der Waals surface area contributed by atoms with E-state index in [0.717, 1.165) is 0 Å². The molecule has 1 aliphatic rings. The summed E-state index contributed by atoms with van der Waals surface area (Å²) < 4.78 is 8.26. The van der Waals surface area contributed by atoms with Gasteiger partial charge in [-0.25, -0.2) is 0 Å². The van der Waals surface area contributed by atoms with E-state index in [1.165, 1.54) is 6.21 Å². The van der Waals surface area contributed by atoms with Crippen molar-refractivity contribution in [2.45, 2.75) is 6.92 Å². The average Bonchev–Trinajstić information content (AvgIpc) is 2.47. The van der Waals surface area contributed by atoms with Crippen molar-refractivity contribution in [3.05, 3.63) is 54.1 Å². The van der Waals surface area contributed by atoms with Crippen LogP contribution in [-0.4, -0.2) is 28.1 Å². The Hall–Kier alpha value is -1.76. The Morgan fingerprint density at radius 2 is 1.48 bits per heavy atom. The van der Waals surface area contributed by atoms with Gasteiger partial charge in [-0.2, -0.15) is 0 Å². The van der Waals surface area contributed by atoms with Crippen molar-refractivity contribution in [2.75, 3.05) is 6.61 Å². The molecule has 0 bridgehead atoms. The number of aromatic hydroxyl groups is 2. The first-order chi connectivity index (χ1) is 11.2. The second kappa shape index (κ2) is 11.8. The van der Waals surface area contributed by atoms with Crippen LogP contribution in [0.15, 0.2) is 53.5 Å². The Morgan fingerprint density at radius 1 is 1.00 bits per heavy atom. The minimum absolute atomic E-state index is 0.120. The fourth-order valence-corrected chi connectivity index (χ4v) is 1.47. The second-order valence-electron chi connectivity index (χ2n) is 3.89. The Kier molecular flexibility index (Phi) is 9.86. The van der Waals surface area contributed by atoms with Gasteiger partial charge in [0.25, 0.3) is 0 Å². The second-order valence-corrected chi connectivity index (χ2v) is 4.90. The minimum atomic E-state index is -0.560. The molecule has 0 amide bonds. The zero-order valence-corrected chi connectivity index (χ0v) is 14.3. The number of hydrogen-bond acceptors (Lipinski definition) is 7. The zero-order chi connectivity index (χ0) is 16.9. The van der Waals surface area contributed by atoms with Crippen molar-refractivity contribution in [2.24, 2.45) is 4.99 Å².